The first-order chi connectivity index (χ1) is 7.13. The summed E-state index contributed by atoms with van der Waals surface area (Å²) >= 11 is 0. The summed E-state index contributed by atoms with van der Waals surface area (Å²) in [5.74, 6) is 0. The molecule has 3 nitrogen and oxygen atoms in total. The van der Waals surface area contributed by atoms with Crippen LogP contribution in [-0.4, -0.2) is 17.8 Å². The molecule has 0 saturated carbocycles. The van der Waals surface area contributed by atoms with E-state index in [1.165, 1.54) is 0 Å². The minimum atomic E-state index is -0.355. The van der Waals surface area contributed by atoms with Gasteiger partial charge in [0.05, 0.1) is 17.7 Å². The average Bonchev–Trinajstić information content (AvgIpc) is 2.26. The molecular formula is C12H16N2O. The van der Waals surface area contributed by atoms with Crippen molar-refractivity contribution in [2.75, 3.05) is 6.54 Å². The molecule has 3 heteroatoms. The fourth-order valence-corrected chi connectivity index (χ4v) is 1.34. The highest BCUT2D eigenvalue weighted by molar-refractivity contribution is 5.33. The van der Waals surface area contributed by atoms with Gasteiger partial charge >= 0.3 is 0 Å². The maximum atomic E-state index is 9.13. The maximum Gasteiger partial charge on any atom is 0.0991 e. The zero-order chi connectivity index (χ0) is 11.3. The topological polar surface area (TPSA) is 56.0 Å². The van der Waals surface area contributed by atoms with Crippen LogP contribution in [0.3, 0.4) is 0 Å². The Morgan fingerprint density at radius 3 is 2.80 bits per heavy atom. The zero-order valence-corrected chi connectivity index (χ0v) is 9.07. The highest BCUT2D eigenvalue weighted by atomic mass is 16.3. The van der Waals surface area contributed by atoms with Crippen molar-refractivity contribution in [2.45, 2.75) is 26.0 Å². The first kappa shape index (κ1) is 11.7. The summed E-state index contributed by atoms with van der Waals surface area (Å²) in [6, 6.07) is 9.74. The Balaban J connectivity index is 2.65. The van der Waals surface area contributed by atoms with Crippen molar-refractivity contribution in [3.8, 4) is 6.07 Å². The van der Waals surface area contributed by atoms with E-state index in [2.05, 4.69) is 11.4 Å². The van der Waals surface area contributed by atoms with E-state index in [1.54, 1.807) is 13.0 Å². The third kappa shape index (κ3) is 3.70. The highest BCUT2D eigenvalue weighted by Crippen LogP contribution is 2.13. The quantitative estimate of drug-likeness (QED) is 0.783. The van der Waals surface area contributed by atoms with Gasteiger partial charge in [0.25, 0.3) is 0 Å². The second kappa shape index (κ2) is 5.50. The molecule has 0 heterocycles. The lowest BCUT2D eigenvalue weighted by Gasteiger charge is -2.15. The maximum absolute atomic E-state index is 9.13. The van der Waals surface area contributed by atoms with Crippen molar-refractivity contribution in [1.29, 1.82) is 5.26 Å². The first-order valence-corrected chi connectivity index (χ1v) is 5.05. The van der Waals surface area contributed by atoms with Crippen LogP contribution in [0.15, 0.2) is 24.3 Å². The Kier molecular flexibility index (Phi) is 4.29. The fourth-order valence-electron chi connectivity index (χ4n) is 1.34. The summed E-state index contributed by atoms with van der Waals surface area (Å²) in [6.07, 6.45) is -0.355. The lowest BCUT2D eigenvalue weighted by atomic mass is 10.1. The van der Waals surface area contributed by atoms with Gasteiger partial charge in [-0.3, -0.25) is 0 Å². The van der Waals surface area contributed by atoms with Crippen LogP contribution >= 0.6 is 0 Å². The van der Waals surface area contributed by atoms with Crippen LogP contribution in [-0.2, 0) is 0 Å². The molecule has 0 amide bonds. The monoisotopic (exact) mass is 204 g/mol. The van der Waals surface area contributed by atoms with Crippen molar-refractivity contribution in [3.05, 3.63) is 35.4 Å². The van der Waals surface area contributed by atoms with E-state index in [9.17, 15) is 0 Å². The van der Waals surface area contributed by atoms with Gasteiger partial charge in [0, 0.05) is 12.6 Å². The molecule has 1 rings (SSSR count). The van der Waals surface area contributed by atoms with Crippen LogP contribution in [0.25, 0.3) is 0 Å². The molecule has 0 radical (unpaired) electrons. The smallest absolute Gasteiger partial charge is 0.0991 e. The molecule has 2 N–H and O–H groups in total. The molecule has 0 spiro atoms. The Morgan fingerprint density at radius 1 is 1.47 bits per heavy atom. The molecular weight excluding hydrogens is 188 g/mol. The number of hydrogen-bond donors (Lipinski definition) is 2. The number of aliphatic hydroxyl groups excluding tert-OH is 1. The minimum absolute atomic E-state index is 0.146. The number of nitrogens with zero attached hydrogens (tertiary/aromatic N) is 1. The van der Waals surface area contributed by atoms with Gasteiger partial charge in [-0.25, -0.2) is 0 Å². The summed E-state index contributed by atoms with van der Waals surface area (Å²) in [4.78, 5) is 0. The molecule has 1 aromatic carbocycles. The number of nitriles is 1. The molecule has 0 bridgehead atoms. The molecule has 0 aliphatic rings. The lowest BCUT2D eigenvalue weighted by Crippen LogP contribution is -2.27. The molecule has 0 aromatic heterocycles. The number of aliphatic hydroxyl groups is 1. The number of rotatable bonds is 4. The van der Waals surface area contributed by atoms with Crippen LogP contribution in [0.2, 0.25) is 0 Å². The van der Waals surface area contributed by atoms with Gasteiger partial charge in [0.1, 0.15) is 0 Å². The summed E-state index contributed by atoms with van der Waals surface area (Å²) in [6.45, 7) is 4.31. The largest absolute Gasteiger partial charge is 0.392 e. The van der Waals surface area contributed by atoms with Crippen LogP contribution in [0.1, 0.15) is 31.0 Å². The summed E-state index contributed by atoms with van der Waals surface area (Å²) in [5, 5.41) is 21.1. The van der Waals surface area contributed by atoms with E-state index >= 15 is 0 Å². The van der Waals surface area contributed by atoms with Crippen molar-refractivity contribution in [3.63, 3.8) is 0 Å². The van der Waals surface area contributed by atoms with E-state index in [0.29, 0.717) is 12.1 Å². The summed E-state index contributed by atoms with van der Waals surface area (Å²) in [5.41, 5.74) is 1.73. The van der Waals surface area contributed by atoms with Crippen LogP contribution in [0, 0.1) is 11.3 Å². The number of benzene rings is 1. The van der Waals surface area contributed by atoms with Crippen molar-refractivity contribution < 1.29 is 5.11 Å². The van der Waals surface area contributed by atoms with Crippen molar-refractivity contribution in [1.82, 2.24) is 5.32 Å². The second-order valence-corrected chi connectivity index (χ2v) is 3.72. The normalized spacial score (nSPS) is 14.3. The van der Waals surface area contributed by atoms with Gasteiger partial charge in [0.2, 0.25) is 0 Å². The first-order valence-electron chi connectivity index (χ1n) is 5.05. The number of hydrogen-bond acceptors (Lipinski definition) is 3. The predicted molar refractivity (Wildman–Crippen MR) is 59.3 cm³/mol. The van der Waals surface area contributed by atoms with Crippen molar-refractivity contribution >= 4 is 0 Å². The van der Waals surface area contributed by atoms with Gasteiger partial charge in [-0.05, 0) is 31.5 Å². The SMILES string of the molecule is CC(NC[C@@H](C)O)c1cccc(C#N)c1. The summed E-state index contributed by atoms with van der Waals surface area (Å²) in [7, 11) is 0. The Labute approximate surface area is 90.4 Å². The molecule has 0 aliphatic heterocycles. The minimum Gasteiger partial charge on any atom is -0.392 e. The summed E-state index contributed by atoms with van der Waals surface area (Å²) < 4.78 is 0. The zero-order valence-electron chi connectivity index (χ0n) is 9.07. The third-order valence-electron chi connectivity index (χ3n) is 2.24. The lowest BCUT2D eigenvalue weighted by molar-refractivity contribution is 0.187. The average molecular weight is 204 g/mol. The molecule has 1 aromatic rings. The molecule has 0 fully saturated rings. The van der Waals surface area contributed by atoms with Crippen LogP contribution < -0.4 is 5.32 Å². The third-order valence-corrected chi connectivity index (χ3v) is 2.24. The van der Waals surface area contributed by atoms with Gasteiger partial charge in [0.15, 0.2) is 0 Å². The molecule has 2 atom stereocenters. The van der Waals surface area contributed by atoms with E-state index in [4.69, 9.17) is 10.4 Å². The molecule has 1 unspecified atom stereocenters. The van der Waals surface area contributed by atoms with E-state index < -0.39 is 0 Å². The van der Waals surface area contributed by atoms with Crippen molar-refractivity contribution in [2.24, 2.45) is 0 Å². The standard InChI is InChI=1S/C12H16N2O/c1-9(15)8-14-10(2)12-5-3-4-11(6-12)7-13/h3-6,9-10,14-15H,8H2,1-2H3/t9-,10?/m1/s1. The highest BCUT2D eigenvalue weighted by Gasteiger charge is 2.06. The predicted octanol–water partition coefficient (Wildman–Crippen LogP) is 1.59. The van der Waals surface area contributed by atoms with Gasteiger partial charge in [-0.2, -0.15) is 5.26 Å². The molecule has 0 aliphatic carbocycles. The van der Waals surface area contributed by atoms with E-state index in [-0.39, 0.29) is 12.1 Å². The Hall–Kier alpha value is -1.37. The Morgan fingerprint density at radius 2 is 2.20 bits per heavy atom. The van der Waals surface area contributed by atoms with Crippen LogP contribution in [0.5, 0.6) is 0 Å². The Bertz CT molecular complexity index is 355. The molecule has 0 saturated heterocycles. The van der Waals surface area contributed by atoms with Gasteiger partial charge in [-0.15, -0.1) is 0 Å². The van der Waals surface area contributed by atoms with Gasteiger partial charge < -0.3 is 10.4 Å². The molecule has 80 valence electrons. The van der Waals surface area contributed by atoms with Gasteiger partial charge in [-0.1, -0.05) is 12.1 Å². The van der Waals surface area contributed by atoms with Crippen LogP contribution in [0.4, 0.5) is 0 Å². The van der Waals surface area contributed by atoms with E-state index in [1.807, 2.05) is 25.1 Å². The fraction of sp³-hybridized carbons (Fsp3) is 0.417. The number of nitrogens with one attached hydrogen (secondary N) is 1. The molecule has 15 heavy (non-hydrogen) atoms. The second-order valence-electron chi connectivity index (χ2n) is 3.72. The van der Waals surface area contributed by atoms with E-state index in [0.717, 1.165) is 5.56 Å².